The van der Waals surface area contributed by atoms with Gasteiger partial charge in [-0.25, -0.2) is 9.78 Å². The fraction of sp³-hybridized carbons (Fsp3) is 0.0741. The summed E-state index contributed by atoms with van der Waals surface area (Å²) in [5.74, 6) is -0.363. The van der Waals surface area contributed by atoms with Gasteiger partial charge in [-0.2, -0.15) is 0 Å². The Bertz CT molecular complexity index is 1540. The number of pyridine rings is 1. The van der Waals surface area contributed by atoms with Gasteiger partial charge < -0.3 is 14.5 Å². The minimum absolute atomic E-state index is 0.200. The van der Waals surface area contributed by atoms with Crippen molar-refractivity contribution in [1.29, 1.82) is 0 Å². The second-order valence-electron chi connectivity index (χ2n) is 7.56. The average Bonchev–Trinajstić information content (AvgIpc) is 3.54. The van der Waals surface area contributed by atoms with Crippen LogP contribution in [0, 0.1) is 0 Å². The maximum atomic E-state index is 13.6. The molecule has 3 aromatic heterocycles. The number of furan rings is 1. The number of esters is 1. The monoisotopic (exact) mass is 502 g/mol. The van der Waals surface area contributed by atoms with Crippen LogP contribution in [0.15, 0.2) is 82.8 Å². The Morgan fingerprint density at radius 3 is 2.63 bits per heavy atom. The lowest BCUT2D eigenvalue weighted by molar-refractivity contribution is 0.0529. The topological polar surface area (TPSA) is 81.4 Å². The first-order valence-corrected chi connectivity index (χ1v) is 12.1. The van der Waals surface area contributed by atoms with Crippen LogP contribution >= 0.6 is 22.9 Å². The molecule has 0 fully saturated rings. The first kappa shape index (κ1) is 22.8. The fourth-order valence-electron chi connectivity index (χ4n) is 3.82. The van der Waals surface area contributed by atoms with E-state index in [0.717, 1.165) is 0 Å². The maximum absolute atomic E-state index is 13.6. The molecule has 1 amide bonds. The highest BCUT2D eigenvalue weighted by molar-refractivity contribution is 7.15. The van der Waals surface area contributed by atoms with E-state index in [9.17, 15) is 9.59 Å². The Labute approximate surface area is 210 Å². The molecule has 35 heavy (non-hydrogen) atoms. The van der Waals surface area contributed by atoms with Gasteiger partial charge in [-0.3, -0.25) is 4.79 Å². The number of ether oxygens (including phenoxy) is 1. The third-order valence-electron chi connectivity index (χ3n) is 5.40. The predicted octanol–water partition coefficient (Wildman–Crippen LogP) is 7.31. The molecule has 0 radical (unpaired) electrons. The number of carbonyl (C=O) groups excluding carboxylic acids is 2. The van der Waals surface area contributed by atoms with Gasteiger partial charge >= 0.3 is 5.97 Å². The molecule has 0 unspecified atom stereocenters. The number of para-hydroxylation sites is 1. The molecule has 0 spiro atoms. The Morgan fingerprint density at radius 2 is 1.86 bits per heavy atom. The van der Waals surface area contributed by atoms with Gasteiger partial charge in [0.2, 0.25) is 0 Å². The van der Waals surface area contributed by atoms with Crippen molar-refractivity contribution >= 4 is 50.7 Å². The summed E-state index contributed by atoms with van der Waals surface area (Å²) in [5, 5.41) is 6.27. The van der Waals surface area contributed by atoms with Gasteiger partial charge in [0, 0.05) is 26.9 Å². The average molecular weight is 503 g/mol. The van der Waals surface area contributed by atoms with Crippen LogP contribution in [-0.2, 0) is 4.74 Å². The van der Waals surface area contributed by atoms with Crippen molar-refractivity contribution in [2.45, 2.75) is 6.92 Å². The molecule has 0 bridgehead atoms. The number of fused-ring (bicyclic) bond motifs is 1. The number of thiophene rings is 1. The lowest BCUT2D eigenvalue weighted by Gasteiger charge is -2.11. The van der Waals surface area contributed by atoms with Crippen molar-refractivity contribution in [3.63, 3.8) is 0 Å². The van der Waals surface area contributed by atoms with Gasteiger partial charge in [0.1, 0.15) is 16.3 Å². The predicted molar refractivity (Wildman–Crippen MR) is 138 cm³/mol. The molecule has 174 valence electrons. The smallest absolute Gasteiger partial charge is 0.341 e. The number of halogens is 1. The summed E-state index contributed by atoms with van der Waals surface area (Å²) in [6.07, 6.45) is 1.56. The molecule has 0 saturated heterocycles. The number of aromatic nitrogens is 1. The molecule has 8 heteroatoms. The highest BCUT2D eigenvalue weighted by atomic mass is 35.5. The molecule has 5 rings (SSSR count). The van der Waals surface area contributed by atoms with Gasteiger partial charge in [-0.15, -0.1) is 11.3 Å². The molecule has 0 saturated carbocycles. The van der Waals surface area contributed by atoms with Gasteiger partial charge in [-0.1, -0.05) is 48.0 Å². The molecule has 2 aromatic carbocycles. The SMILES string of the molecule is CCOC(=O)c1c(-c2ccccc2Cl)csc1NC(=O)c1cc(-c2ccco2)nc2ccccc12. The highest BCUT2D eigenvalue weighted by Crippen LogP contribution is 2.39. The molecule has 5 aromatic rings. The lowest BCUT2D eigenvalue weighted by Crippen LogP contribution is -2.15. The zero-order valence-corrected chi connectivity index (χ0v) is 20.2. The number of hydrogen-bond donors (Lipinski definition) is 1. The number of rotatable bonds is 6. The van der Waals surface area contributed by atoms with Crippen molar-refractivity contribution in [2.24, 2.45) is 0 Å². The van der Waals surface area contributed by atoms with Gasteiger partial charge in [-0.05, 0) is 37.3 Å². The normalized spacial score (nSPS) is 10.9. The van der Waals surface area contributed by atoms with Crippen molar-refractivity contribution in [1.82, 2.24) is 4.98 Å². The van der Waals surface area contributed by atoms with E-state index in [1.807, 2.05) is 42.5 Å². The summed E-state index contributed by atoms with van der Waals surface area (Å²) >= 11 is 7.64. The minimum atomic E-state index is -0.533. The van der Waals surface area contributed by atoms with Gasteiger partial charge in [0.25, 0.3) is 5.91 Å². The van der Waals surface area contributed by atoms with E-state index in [1.54, 1.807) is 42.8 Å². The third kappa shape index (κ3) is 4.43. The minimum Gasteiger partial charge on any atom is -0.463 e. The Hall–Kier alpha value is -3.94. The lowest BCUT2D eigenvalue weighted by atomic mass is 10.0. The van der Waals surface area contributed by atoms with Crippen LogP contribution in [0.3, 0.4) is 0 Å². The summed E-state index contributed by atoms with van der Waals surface area (Å²) in [6.45, 7) is 1.93. The van der Waals surface area contributed by atoms with E-state index >= 15 is 0 Å². The van der Waals surface area contributed by atoms with Crippen LogP contribution < -0.4 is 5.32 Å². The van der Waals surface area contributed by atoms with Gasteiger partial charge in [0.05, 0.1) is 24.0 Å². The summed E-state index contributed by atoms with van der Waals surface area (Å²) in [6, 6.07) is 19.8. The number of benzene rings is 2. The van der Waals surface area contributed by atoms with Crippen molar-refractivity contribution in [3.8, 4) is 22.6 Å². The van der Waals surface area contributed by atoms with Crippen LogP contribution in [-0.4, -0.2) is 23.5 Å². The second kappa shape index (κ2) is 9.74. The number of carbonyl (C=O) groups is 2. The zero-order chi connectivity index (χ0) is 24.4. The molecule has 1 N–H and O–H groups in total. The molecule has 0 aliphatic heterocycles. The number of hydrogen-bond acceptors (Lipinski definition) is 6. The largest absolute Gasteiger partial charge is 0.463 e. The van der Waals surface area contributed by atoms with Crippen LogP contribution in [0.25, 0.3) is 33.5 Å². The van der Waals surface area contributed by atoms with E-state index < -0.39 is 5.97 Å². The molecule has 0 aliphatic carbocycles. The van der Waals surface area contributed by atoms with E-state index in [4.69, 9.17) is 20.8 Å². The molecule has 0 atom stereocenters. The molecule has 6 nitrogen and oxygen atoms in total. The summed E-state index contributed by atoms with van der Waals surface area (Å²) in [7, 11) is 0. The van der Waals surface area contributed by atoms with Crippen LogP contribution in [0.1, 0.15) is 27.6 Å². The number of amides is 1. The third-order valence-corrected chi connectivity index (χ3v) is 6.62. The van der Waals surface area contributed by atoms with Crippen LogP contribution in [0.5, 0.6) is 0 Å². The number of nitrogens with one attached hydrogen (secondary N) is 1. The summed E-state index contributed by atoms with van der Waals surface area (Å²) in [4.78, 5) is 31.1. The summed E-state index contributed by atoms with van der Waals surface area (Å²) < 4.78 is 10.8. The van der Waals surface area contributed by atoms with E-state index in [-0.39, 0.29) is 18.1 Å². The Kier molecular flexibility index (Phi) is 6.35. The van der Waals surface area contributed by atoms with Crippen molar-refractivity contribution in [2.75, 3.05) is 11.9 Å². The van der Waals surface area contributed by atoms with Crippen LogP contribution in [0.4, 0.5) is 5.00 Å². The zero-order valence-electron chi connectivity index (χ0n) is 18.6. The fourth-order valence-corrected chi connectivity index (χ4v) is 5.00. The molecule has 3 heterocycles. The molecule has 0 aliphatic rings. The summed E-state index contributed by atoms with van der Waals surface area (Å²) in [5.41, 5.74) is 3.15. The first-order chi connectivity index (χ1) is 17.1. The number of nitrogens with zero attached hydrogens (tertiary/aromatic N) is 1. The van der Waals surface area contributed by atoms with Crippen molar-refractivity contribution < 1.29 is 18.7 Å². The van der Waals surface area contributed by atoms with Gasteiger partial charge in [0.15, 0.2) is 5.76 Å². The molecular weight excluding hydrogens is 484 g/mol. The quantitative estimate of drug-likeness (QED) is 0.246. The van der Waals surface area contributed by atoms with Crippen LogP contribution in [0.2, 0.25) is 5.02 Å². The van der Waals surface area contributed by atoms with Crippen molar-refractivity contribution in [3.05, 3.63) is 94.5 Å². The highest BCUT2D eigenvalue weighted by Gasteiger charge is 2.25. The first-order valence-electron chi connectivity index (χ1n) is 10.9. The standard InChI is InChI=1S/C27H19ClN2O4S/c1-2-33-27(32)24-19(16-8-3-5-10-20(16)28)15-35-26(24)30-25(31)18-14-22(23-12-7-13-34-23)29-21-11-6-4-9-17(18)21/h3-15H,2H2,1H3,(H,30,31). The Balaban J connectivity index is 1.59. The van der Waals surface area contributed by atoms with E-state index in [1.165, 1.54) is 11.3 Å². The molecular formula is C27H19ClN2O4S. The van der Waals surface area contributed by atoms with E-state index in [0.29, 0.717) is 49.1 Å². The van der Waals surface area contributed by atoms with E-state index in [2.05, 4.69) is 10.3 Å². The Morgan fingerprint density at radius 1 is 1.06 bits per heavy atom. The number of anilines is 1. The maximum Gasteiger partial charge on any atom is 0.341 e. The second-order valence-corrected chi connectivity index (χ2v) is 8.84.